The highest BCUT2D eigenvalue weighted by atomic mass is 16.3. The molecule has 2 saturated carbocycles. The lowest BCUT2D eigenvalue weighted by Gasteiger charge is -2.08. The summed E-state index contributed by atoms with van der Waals surface area (Å²) in [6.45, 7) is 0.348. The summed E-state index contributed by atoms with van der Waals surface area (Å²) in [7, 11) is 0. The molecule has 2 aromatic heterocycles. The van der Waals surface area contributed by atoms with Gasteiger partial charge in [0.1, 0.15) is 11.8 Å². The van der Waals surface area contributed by atoms with Gasteiger partial charge in [-0.05, 0) is 43.9 Å². The van der Waals surface area contributed by atoms with E-state index in [1.165, 1.54) is 0 Å². The molecule has 3 aromatic rings. The molecule has 1 aromatic carbocycles. The van der Waals surface area contributed by atoms with Crippen molar-refractivity contribution in [2.75, 3.05) is 5.32 Å². The van der Waals surface area contributed by atoms with Crippen molar-refractivity contribution in [3.8, 4) is 0 Å². The summed E-state index contributed by atoms with van der Waals surface area (Å²) in [4.78, 5) is 16.6. The minimum Gasteiger partial charge on any atom is -0.440 e. The third kappa shape index (κ3) is 2.95. The molecular formula is C17H18N6O2. The zero-order valence-corrected chi connectivity index (χ0v) is 13.6. The van der Waals surface area contributed by atoms with Crippen LogP contribution in [0.3, 0.4) is 0 Å². The molecule has 2 aliphatic rings. The zero-order valence-electron chi connectivity index (χ0n) is 13.6. The van der Waals surface area contributed by atoms with Crippen LogP contribution in [0.1, 0.15) is 49.4 Å². The van der Waals surface area contributed by atoms with E-state index in [9.17, 15) is 4.79 Å². The maximum absolute atomic E-state index is 12.1. The lowest BCUT2D eigenvalue weighted by molar-refractivity contribution is 0.251. The first-order chi connectivity index (χ1) is 12.3. The standard InChI is InChI=1S/C17H18N6O2/c24-17(18-8-15-22-19-9-23(15)12-4-5-12)20-11-3-6-14-13(7-11)21-16(25-14)10-1-2-10/h3,6-7,9-10,12H,1-2,4-5,8H2,(H2,18,20,24). The molecule has 0 unspecified atom stereocenters. The fraction of sp³-hybridized carbons (Fsp3) is 0.412. The molecule has 2 heterocycles. The normalized spacial score (nSPS) is 17.0. The van der Waals surface area contributed by atoms with E-state index in [0.717, 1.165) is 48.5 Å². The number of carbonyl (C=O) groups excluding carboxylic acids is 1. The van der Waals surface area contributed by atoms with Crippen molar-refractivity contribution >= 4 is 22.8 Å². The van der Waals surface area contributed by atoms with Crippen LogP contribution in [0.5, 0.6) is 0 Å². The highest BCUT2D eigenvalue weighted by molar-refractivity contribution is 5.91. The molecule has 128 valence electrons. The lowest BCUT2D eigenvalue weighted by atomic mass is 10.3. The monoisotopic (exact) mass is 338 g/mol. The molecule has 0 spiro atoms. The summed E-state index contributed by atoms with van der Waals surface area (Å²) in [5.74, 6) is 2.05. The highest BCUT2D eigenvalue weighted by Gasteiger charge is 2.29. The largest absolute Gasteiger partial charge is 0.440 e. The molecule has 8 nitrogen and oxygen atoms in total. The number of amides is 2. The fourth-order valence-corrected chi connectivity index (χ4v) is 2.91. The minimum atomic E-state index is -0.282. The van der Waals surface area contributed by atoms with Crippen molar-refractivity contribution in [1.29, 1.82) is 0 Å². The maximum atomic E-state index is 12.1. The molecule has 8 heteroatoms. The van der Waals surface area contributed by atoms with Crippen molar-refractivity contribution < 1.29 is 9.21 Å². The molecule has 2 amide bonds. The van der Waals surface area contributed by atoms with Crippen molar-refractivity contribution in [1.82, 2.24) is 25.1 Å². The minimum absolute atomic E-state index is 0.282. The average molecular weight is 338 g/mol. The van der Waals surface area contributed by atoms with Crippen LogP contribution < -0.4 is 10.6 Å². The van der Waals surface area contributed by atoms with Gasteiger partial charge in [-0.15, -0.1) is 10.2 Å². The number of hydrogen-bond donors (Lipinski definition) is 2. The van der Waals surface area contributed by atoms with Gasteiger partial charge in [0.25, 0.3) is 0 Å². The summed E-state index contributed by atoms with van der Waals surface area (Å²) < 4.78 is 7.76. The first-order valence-corrected chi connectivity index (χ1v) is 8.60. The molecule has 0 atom stereocenters. The first kappa shape index (κ1) is 14.4. The number of nitrogens with one attached hydrogen (secondary N) is 2. The predicted molar refractivity (Wildman–Crippen MR) is 90.1 cm³/mol. The van der Waals surface area contributed by atoms with Gasteiger partial charge < -0.3 is 19.6 Å². The molecule has 0 aliphatic heterocycles. The van der Waals surface area contributed by atoms with Gasteiger partial charge in [0.05, 0.1) is 6.54 Å². The summed E-state index contributed by atoms with van der Waals surface area (Å²) in [6.07, 6.45) is 6.32. The summed E-state index contributed by atoms with van der Waals surface area (Å²) in [5.41, 5.74) is 2.21. The first-order valence-electron chi connectivity index (χ1n) is 8.60. The van der Waals surface area contributed by atoms with Gasteiger partial charge in [-0.1, -0.05) is 0 Å². The zero-order chi connectivity index (χ0) is 16.8. The number of urea groups is 1. The molecule has 25 heavy (non-hydrogen) atoms. The molecule has 0 radical (unpaired) electrons. The molecule has 5 rings (SSSR count). The van der Waals surface area contributed by atoms with Crippen LogP contribution in [0.2, 0.25) is 0 Å². The van der Waals surface area contributed by atoms with Crippen LogP contribution in [-0.4, -0.2) is 25.8 Å². The smallest absolute Gasteiger partial charge is 0.319 e. The summed E-state index contributed by atoms with van der Waals surface area (Å²) in [5, 5.41) is 13.6. The maximum Gasteiger partial charge on any atom is 0.319 e. The molecule has 0 bridgehead atoms. The van der Waals surface area contributed by atoms with Crippen LogP contribution in [0, 0.1) is 0 Å². The number of benzene rings is 1. The van der Waals surface area contributed by atoms with Crippen molar-refractivity contribution in [2.24, 2.45) is 0 Å². The number of anilines is 1. The van der Waals surface area contributed by atoms with Crippen LogP contribution >= 0.6 is 0 Å². The molecule has 2 N–H and O–H groups in total. The van der Waals surface area contributed by atoms with E-state index >= 15 is 0 Å². The number of fused-ring (bicyclic) bond motifs is 1. The Hall–Kier alpha value is -2.90. The van der Waals surface area contributed by atoms with E-state index < -0.39 is 0 Å². The van der Waals surface area contributed by atoms with Crippen molar-refractivity contribution in [3.63, 3.8) is 0 Å². The molecule has 0 saturated heterocycles. The van der Waals surface area contributed by atoms with Gasteiger partial charge in [0.2, 0.25) is 0 Å². The Morgan fingerprint density at radius 3 is 2.96 bits per heavy atom. The highest BCUT2D eigenvalue weighted by Crippen LogP contribution is 2.40. The quantitative estimate of drug-likeness (QED) is 0.745. The number of nitrogens with zero attached hydrogens (tertiary/aromatic N) is 4. The third-order valence-electron chi connectivity index (χ3n) is 4.58. The van der Waals surface area contributed by atoms with Gasteiger partial charge in [0, 0.05) is 17.6 Å². The van der Waals surface area contributed by atoms with Crippen LogP contribution in [0.25, 0.3) is 11.1 Å². The number of rotatable bonds is 5. The Labute approximate surface area is 143 Å². The number of aromatic nitrogens is 4. The molecule has 2 aliphatic carbocycles. The van der Waals surface area contributed by atoms with Gasteiger partial charge in [0.15, 0.2) is 17.3 Å². The van der Waals surface area contributed by atoms with E-state index in [2.05, 4.69) is 25.8 Å². The predicted octanol–water partition coefficient (Wildman–Crippen LogP) is 2.95. The second-order valence-corrected chi connectivity index (χ2v) is 6.70. The van der Waals surface area contributed by atoms with Crippen LogP contribution in [0.15, 0.2) is 28.9 Å². The SMILES string of the molecule is O=C(NCc1nncn1C1CC1)Nc1ccc2oc(C3CC3)nc2c1. The Balaban J connectivity index is 1.24. The van der Waals surface area contributed by atoms with E-state index in [-0.39, 0.29) is 6.03 Å². The molecule has 2 fully saturated rings. The Morgan fingerprint density at radius 2 is 2.16 bits per heavy atom. The van der Waals surface area contributed by atoms with E-state index in [1.807, 2.05) is 22.8 Å². The van der Waals surface area contributed by atoms with Gasteiger partial charge in [-0.25, -0.2) is 9.78 Å². The third-order valence-corrected chi connectivity index (χ3v) is 4.58. The summed E-state index contributed by atoms with van der Waals surface area (Å²) in [6, 6.07) is 5.70. The van der Waals surface area contributed by atoms with E-state index in [4.69, 9.17) is 4.42 Å². The number of carbonyl (C=O) groups is 1. The van der Waals surface area contributed by atoms with Crippen molar-refractivity contribution in [2.45, 2.75) is 44.2 Å². The topological polar surface area (TPSA) is 97.9 Å². The second-order valence-electron chi connectivity index (χ2n) is 6.70. The van der Waals surface area contributed by atoms with Gasteiger partial charge >= 0.3 is 6.03 Å². The van der Waals surface area contributed by atoms with Gasteiger partial charge in [-0.2, -0.15) is 0 Å². The fourth-order valence-electron chi connectivity index (χ4n) is 2.91. The molecular weight excluding hydrogens is 320 g/mol. The Bertz CT molecular complexity index is 938. The van der Waals surface area contributed by atoms with Gasteiger partial charge in [-0.3, -0.25) is 0 Å². The van der Waals surface area contributed by atoms with Crippen LogP contribution in [0.4, 0.5) is 10.5 Å². The average Bonchev–Trinajstić information content (AvgIpc) is 3.54. The van der Waals surface area contributed by atoms with Crippen molar-refractivity contribution in [3.05, 3.63) is 36.2 Å². The second kappa shape index (κ2) is 5.58. The number of oxazole rings is 1. The Morgan fingerprint density at radius 1 is 1.28 bits per heavy atom. The van der Waals surface area contributed by atoms with E-state index in [1.54, 1.807) is 6.33 Å². The van der Waals surface area contributed by atoms with E-state index in [0.29, 0.717) is 24.2 Å². The summed E-state index contributed by atoms with van der Waals surface area (Å²) >= 11 is 0. The lowest BCUT2D eigenvalue weighted by Crippen LogP contribution is -2.29. The Kier molecular flexibility index (Phi) is 3.22. The van der Waals surface area contributed by atoms with Crippen LogP contribution in [-0.2, 0) is 6.54 Å². The number of hydrogen-bond acceptors (Lipinski definition) is 5.